The van der Waals surface area contributed by atoms with E-state index in [1.807, 2.05) is 0 Å². The van der Waals surface area contributed by atoms with Crippen molar-refractivity contribution in [3.8, 4) is 5.75 Å². The second-order valence-electron chi connectivity index (χ2n) is 5.86. The largest absolute Gasteiger partial charge is 0.493 e. The third kappa shape index (κ3) is 3.85. The number of rotatable bonds is 6. The lowest BCUT2D eigenvalue weighted by Gasteiger charge is -2.12. The van der Waals surface area contributed by atoms with Crippen LogP contribution in [-0.4, -0.2) is 12.6 Å². The molecule has 0 saturated heterocycles. The molecule has 2 N–H and O–H groups in total. The van der Waals surface area contributed by atoms with E-state index in [4.69, 9.17) is 10.5 Å². The first-order valence-electron chi connectivity index (χ1n) is 7.85. The third-order valence-electron chi connectivity index (χ3n) is 4.20. The molecule has 0 spiro atoms. The van der Waals surface area contributed by atoms with E-state index >= 15 is 0 Å². The van der Waals surface area contributed by atoms with Gasteiger partial charge in [0.15, 0.2) is 0 Å². The SMILES string of the molecule is NC(CCc1ccccc1)CCc1ccc2c(c1)CCO2. The van der Waals surface area contributed by atoms with Gasteiger partial charge in [-0.25, -0.2) is 0 Å². The highest BCUT2D eigenvalue weighted by molar-refractivity contribution is 5.39. The summed E-state index contributed by atoms with van der Waals surface area (Å²) in [5.74, 6) is 1.06. The van der Waals surface area contributed by atoms with Gasteiger partial charge in [-0.3, -0.25) is 0 Å². The van der Waals surface area contributed by atoms with Crippen LogP contribution in [0.2, 0.25) is 0 Å². The van der Waals surface area contributed by atoms with Gasteiger partial charge in [-0.15, -0.1) is 0 Å². The van der Waals surface area contributed by atoms with E-state index in [0.717, 1.165) is 44.5 Å². The molecule has 0 bridgehead atoms. The molecule has 0 aliphatic carbocycles. The molecule has 0 radical (unpaired) electrons. The molecular weight excluding hydrogens is 258 g/mol. The molecule has 1 heterocycles. The minimum atomic E-state index is 0.273. The van der Waals surface area contributed by atoms with Gasteiger partial charge in [0, 0.05) is 12.5 Å². The second-order valence-corrected chi connectivity index (χ2v) is 5.86. The molecule has 2 aromatic rings. The standard InChI is InChI=1S/C19H23NO/c20-18(9-6-15-4-2-1-3-5-15)10-7-16-8-11-19-17(14-16)12-13-21-19/h1-5,8,11,14,18H,6-7,9-10,12-13,20H2. The van der Waals surface area contributed by atoms with E-state index < -0.39 is 0 Å². The molecule has 0 amide bonds. The van der Waals surface area contributed by atoms with Crippen LogP contribution >= 0.6 is 0 Å². The minimum Gasteiger partial charge on any atom is -0.493 e. The van der Waals surface area contributed by atoms with Gasteiger partial charge in [-0.05, 0) is 48.4 Å². The molecule has 0 saturated carbocycles. The maximum Gasteiger partial charge on any atom is 0.122 e. The van der Waals surface area contributed by atoms with Gasteiger partial charge in [-0.2, -0.15) is 0 Å². The number of fused-ring (bicyclic) bond motifs is 1. The number of nitrogens with two attached hydrogens (primary N) is 1. The van der Waals surface area contributed by atoms with E-state index in [-0.39, 0.29) is 6.04 Å². The zero-order valence-electron chi connectivity index (χ0n) is 12.4. The predicted molar refractivity (Wildman–Crippen MR) is 86.7 cm³/mol. The van der Waals surface area contributed by atoms with Gasteiger partial charge >= 0.3 is 0 Å². The van der Waals surface area contributed by atoms with E-state index in [1.54, 1.807) is 0 Å². The van der Waals surface area contributed by atoms with Gasteiger partial charge in [-0.1, -0.05) is 42.5 Å². The Bertz CT molecular complexity index is 579. The molecular formula is C19H23NO. The molecule has 3 rings (SSSR count). The lowest BCUT2D eigenvalue weighted by atomic mass is 9.98. The molecule has 2 aromatic carbocycles. The molecule has 1 unspecified atom stereocenters. The topological polar surface area (TPSA) is 35.2 Å². The quantitative estimate of drug-likeness (QED) is 0.879. The van der Waals surface area contributed by atoms with Crippen molar-refractivity contribution in [3.63, 3.8) is 0 Å². The van der Waals surface area contributed by atoms with E-state index in [1.165, 1.54) is 16.7 Å². The first-order valence-corrected chi connectivity index (χ1v) is 7.85. The van der Waals surface area contributed by atoms with Crippen molar-refractivity contribution in [2.24, 2.45) is 5.73 Å². The van der Waals surface area contributed by atoms with E-state index in [0.29, 0.717) is 0 Å². The first kappa shape index (κ1) is 14.2. The van der Waals surface area contributed by atoms with Crippen LogP contribution in [0.25, 0.3) is 0 Å². The van der Waals surface area contributed by atoms with Crippen LogP contribution in [0.1, 0.15) is 29.5 Å². The maximum atomic E-state index is 6.26. The molecule has 110 valence electrons. The molecule has 1 aliphatic heterocycles. The molecule has 2 heteroatoms. The molecule has 1 atom stereocenters. The number of benzene rings is 2. The Labute approximate surface area is 126 Å². The zero-order valence-corrected chi connectivity index (χ0v) is 12.4. The first-order chi connectivity index (χ1) is 10.3. The highest BCUT2D eigenvalue weighted by atomic mass is 16.5. The Hall–Kier alpha value is -1.80. The monoisotopic (exact) mass is 281 g/mol. The summed E-state index contributed by atoms with van der Waals surface area (Å²) < 4.78 is 5.54. The van der Waals surface area contributed by atoms with Gasteiger partial charge in [0.2, 0.25) is 0 Å². The van der Waals surface area contributed by atoms with Crippen LogP contribution in [0.5, 0.6) is 5.75 Å². The fraction of sp³-hybridized carbons (Fsp3) is 0.368. The lowest BCUT2D eigenvalue weighted by Crippen LogP contribution is -2.21. The summed E-state index contributed by atoms with van der Waals surface area (Å²) in [6.45, 7) is 0.829. The smallest absolute Gasteiger partial charge is 0.122 e. The van der Waals surface area contributed by atoms with Gasteiger partial charge in [0.05, 0.1) is 6.61 Å². The Morgan fingerprint density at radius 3 is 2.52 bits per heavy atom. The van der Waals surface area contributed by atoms with E-state index in [2.05, 4.69) is 48.5 Å². The van der Waals surface area contributed by atoms with Crippen molar-refractivity contribution in [1.82, 2.24) is 0 Å². The summed E-state index contributed by atoms with van der Waals surface area (Å²) in [6.07, 6.45) is 5.27. The van der Waals surface area contributed by atoms with Crippen LogP contribution in [0.3, 0.4) is 0 Å². The fourth-order valence-electron chi connectivity index (χ4n) is 2.89. The normalized spacial score (nSPS) is 14.5. The van der Waals surface area contributed by atoms with Crippen LogP contribution < -0.4 is 10.5 Å². The highest BCUT2D eigenvalue weighted by Gasteiger charge is 2.12. The fourth-order valence-corrected chi connectivity index (χ4v) is 2.89. The maximum absolute atomic E-state index is 6.26. The molecule has 21 heavy (non-hydrogen) atoms. The molecule has 2 nitrogen and oxygen atoms in total. The van der Waals surface area contributed by atoms with Crippen LogP contribution in [-0.2, 0) is 19.3 Å². The van der Waals surface area contributed by atoms with Gasteiger partial charge in [0.1, 0.15) is 5.75 Å². The summed E-state index contributed by atoms with van der Waals surface area (Å²) in [6, 6.07) is 17.4. The van der Waals surface area contributed by atoms with Crippen molar-refractivity contribution in [2.75, 3.05) is 6.61 Å². The highest BCUT2D eigenvalue weighted by Crippen LogP contribution is 2.26. The summed E-state index contributed by atoms with van der Waals surface area (Å²) in [5.41, 5.74) is 10.4. The minimum absolute atomic E-state index is 0.273. The predicted octanol–water partition coefficient (Wildman–Crippen LogP) is 3.51. The van der Waals surface area contributed by atoms with Crippen molar-refractivity contribution < 1.29 is 4.74 Å². The average molecular weight is 281 g/mol. The Balaban J connectivity index is 1.46. The summed E-state index contributed by atoms with van der Waals surface area (Å²) >= 11 is 0. The average Bonchev–Trinajstić information content (AvgIpc) is 2.99. The third-order valence-corrected chi connectivity index (χ3v) is 4.20. The molecule has 0 aromatic heterocycles. The number of hydrogen-bond donors (Lipinski definition) is 1. The zero-order chi connectivity index (χ0) is 14.5. The Kier molecular flexibility index (Phi) is 4.56. The molecule has 0 fully saturated rings. The van der Waals surface area contributed by atoms with Crippen LogP contribution in [0.15, 0.2) is 48.5 Å². The number of aryl methyl sites for hydroxylation is 2. The van der Waals surface area contributed by atoms with Gasteiger partial charge in [0.25, 0.3) is 0 Å². The molecule has 1 aliphatic rings. The van der Waals surface area contributed by atoms with Gasteiger partial charge < -0.3 is 10.5 Å². The van der Waals surface area contributed by atoms with E-state index in [9.17, 15) is 0 Å². The van der Waals surface area contributed by atoms with Crippen molar-refractivity contribution >= 4 is 0 Å². The van der Waals surface area contributed by atoms with Crippen molar-refractivity contribution in [1.29, 1.82) is 0 Å². The van der Waals surface area contributed by atoms with Crippen LogP contribution in [0, 0.1) is 0 Å². The Morgan fingerprint density at radius 1 is 0.952 bits per heavy atom. The Morgan fingerprint density at radius 2 is 1.71 bits per heavy atom. The van der Waals surface area contributed by atoms with Crippen LogP contribution in [0.4, 0.5) is 0 Å². The number of hydrogen-bond acceptors (Lipinski definition) is 2. The summed E-state index contributed by atoms with van der Waals surface area (Å²) in [7, 11) is 0. The number of ether oxygens (including phenoxy) is 1. The summed E-state index contributed by atoms with van der Waals surface area (Å²) in [5, 5.41) is 0. The summed E-state index contributed by atoms with van der Waals surface area (Å²) in [4.78, 5) is 0. The lowest BCUT2D eigenvalue weighted by molar-refractivity contribution is 0.357. The van der Waals surface area contributed by atoms with Crippen molar-refractivity contribution in [2.45, 2.75) is 38.1 Å². The second kappa shape index (κ2) is 6.77. The van der Waals surface area contributed by atoms with Crippen molar-refractivity contribution in [3.05, 3.63) is 65.2 Å².